The van der Waals surface area contributed by atoms with Gasteiger partial charge in [0.05, 0.1) is 27.5 Å². The molecule has 0 saturated carbocycles. The van der Waals surface area contributed by atoms with Gasteiger partial charge in [0.1, 0.15) is 0 Å². The Hall–Kier alpha value is -2.83. The average Bonchev–Trinajstić information content (AvgIpc) is 3.42. The highest BCUT2D eigenvalue weighted by molar-refractivity contribution is 6.92. The van der Waals surface area contributed by atoms with Crippen molar-refractivity contribution in [2.75, 3.05) is 0 Å². The van der Waals surface area contributed by atoms with E-state index in [-0.39, 0.29) is 0 Å². The van der Waals surface area contributed by atoms with Crippen molar-refractivity contribution in [3.05, 3.63) is 113 Å². The molecule has 2 heterocycles. The van der Waals surface area contributed by atoms with Crippen LogP contribution in [0.1, 0.15) is 270 Å². The van der Waals surface area contributed by atoms with Gasteiger partial charge in [0, 0.05) is 12.4 Å². The van der Waals surface area contributed by atoms with Crippen LogP contribution in [0.4, 0.5) is 0 Å². The largest absolute Gasteiger partial charge is 0.255 e. The molecule has 2 aromatic heterocycles. The third-order valence-electron chi connectivity index (χ3n) is 16.9. The van der Waals surface area contributed by atoms with Crippen molar-refractivity contribution >= 4 is 26.5 Å². The van der Waals surface area contributed by atoms with E-state index in [1.807, 2.05) is 0 Å². The minimum absolute atomic E-state index is 1.07. The zero-order chi connectivity index (χ0) is 53.2. The highest BCUT2D eigenvalue weighted by atomic mass is 28.3. The van der Waals surface area contributed by atoms with Gasteiger partial charge in [0.15, 0.2) is 0 Å². The zero-order valence-corrected chi connectivity index (χ0v) is 51.0. The van der Waals surface area contributed by atoms with Crippen molar-refractivity contribution in [1.29, 1.82) is 0 Å². The first-order chi connectivity index (χ1) is 36.5. The predicted molar refractivity (Wildman–Crippen MR) is 342 cm³/mol. The SMILES string of the molecule is C=CCCCCCCCC[Si](CCCCCCCCC=C)(CCCCCCCCC=C)c1ccc(-c2ccc([Si](CCCCCCCCC=C)(CCCCCCCCC=C)CCCCCCCCC=C)cn2)nc1. The van der Waals surface area contributed by atoms with Crippen molar-refractivity contribution in [2.45, 2.75) is 306 Å². The van der Waals surface area contributed by atoms with Gasteiger partial charge in [-0.15, -0.1) is 39.5 Å². The summed E-state index contributed by atoms with van der Waals surface area (Å²) in [5.41, 5.74) is 2.14. The average molecular weight is 1050 g/mol. The molecule has 0 atom stereocenters. The lowest BCUT2D eigenvalue weighted by Gasteiger charge is -2.33. The van der Waals surface area contributed by atoms with Crippen molar-refractivity contribution in [3.8, 4) is 11.4 Å². The van der Waals surface area contributed by atoms with Crippen LogP contribution in [-0.4, -0.2) is 26.1 Å². The molecule has 0 unspecified atom stereocenters. The summed E-state index contributed by atoms with van der Waals surface area (Å²) in [6.45, 7) is 23.7. The fraction of sp³-hybridized carbons (Fsp3) is 0.686. The molecule has 0 aromatic carbocycles. The van der Waals surface area contributed by atoms with Crippen LogP contribution >= 0.6 is 0 Å². The second-order valence-electron chi connectivity index (χ2n) is 23.1. The molecular weight excluding hydrogens is 925 g/mol. The molecule has 0 spiro atoms. The summed E-state index contributed by atoms with van der Waals surface area (Å²) in [6.07, 6.45) is 73.2. The Morgan fingerprint density at radius 1 is 0.243 bits per heavy atom. The summed E-state index contributed by atoms with van der Waals surface area (Å²) >= 11 is 0. The minimum Gasteiger partial charge on any atom is -0.255 e. The molecule has 0 saturated heterocycles. The van der Waals surface area contributed by atoms with Gasteiger partial charge in [0.2, 0.25) is 0 Å². The Bertz CT molecular complexity index is 1390. The second-order valence-corrected chi connectivity index (χ2v) is 32.4. The highest BCUT2D eigenvalue weighted by Crippen LogP contribution is 2.33. The fourth-order valence-electron chi connectivity index (χ4n) is 12.1. The first-order valence-corrected chi connectivity index (χ1v) is 37.4. The maximum absolute atomic E-state index is 5.40. The number of hydrogen-bond donors (Lipinski definition) is 0. The Balaban J connectivity index is 2.43. The molecule has 0 radical (unpaired) electrons. The minimum atomic E-state index is -1.79. The summed E-state index contributed by atoms with van der Waals surface area (Å²) in [7, 11) is -3.57. The molecule has 0 aliphatic rings. The maximum Gasteiger partial charge on any atom is 0.0887 e. The van der Waals surface area contributed by atoms with Gasteiger partial charge in [-0.05, 0) is 99.6 Å². The number of hydrogen-bond acceptors (Lipinski definition) is 2. The standard InChI is InChI=1S/C70H120N2Si2/c1-7-13-19-25-31-37-43-49-59-73(60-50-44-38-32-26-20-14-8-2,61-51-45-39-33-27-21-15-9-3)67-55-57-69(71-65-67)70-58-56-68(66-72-70)74(62-52-46-40-34-28-22-16-10-4,63-53-47-41-35-29-23-17-11-5)64-54-48-42-36-30-24-18-12-6/h7-12,55-58,65-66H,1-6,13-54,59-64H2. The number of unbranched alkanes of at least 4 members (excludes halogenated alkanes) is 36. The predicted octanol–water partition coefficient (Wildman–Crippen LogP) is 23.0. The molecule has 0 aliphatic carbocycles. The molecule has 74 heavy (non-hydrogen) atoms. The van der Waals surface area contributed by atoms with E-state index in [0.29, 0.717) is 0 Å². The Morgan fingerprint density at radius 3 is 0.581 bits per heavy atom. The van der Waals surface area contributed by atoms with Crippen LogP contribution in [0, 0.1) is 0 Å². The lowest BCUT2D eigenvalue weighted by Crippen LogP contribution is -2.48. The molecule has 0 N–H and O–H groups in total. The summed E-state index contributed by atoms with van der Waals surface area (Å²) in [5, 5.41) is 3.27. The number of nitrogens with zero attached hydrogens (tertiary/aromatic N) is 2. The Labute approximate surface area is 463 Å². The molecule has 0 fully saturated rings. The lowest BCUT2D eigenvalue weighted by molar-refractivity contribution is 0.597. The summed E-state index contributed by atoms with van der Waals surface area (Å²) in [6, 6.07) is 18.5. The Kier molecular flexibility index (Phi) is 44.1. The van der Waals surface area contributed by atoms with E-state index < -0.39 is 16.1 Å². The molecule has 2 aromatic rings. The summed E-state index contributed by atoms with van der Waals surface area (Å²) in [5.74, 6) is 0. The third kappa shape index (κ3) is 32.7. The van der Waals surface area contributed by atoms with Crippen LogP contribution in [0.25, 0.3) is 11.4 Å². The van der Waals surface area contributed by atoms with Crippen molar-refractivity contribution in [1.82, 2.24) is 9.97 Å². The van der Waals surface area contributed by atoms with E-state index >= 15 is 0 Å². The second kappa shape index (κ2) is 48.5. The lowest BCUT2D eigenvalue weighted by atomic mass is 10.1. The molecule has 2 rings (SSSR count). The first kappa shape index (κ1) is 67.3. The van der Waals surface area contributed by atoms with E-state index in [4.69, 9.17) is 9.97 Å². The van der Waals surface area contributed by atoms with Gasteiger partial charge in [-0.2, -0.15) is 0 Å². The van der Waals surface area contributed by atoms with E-state index in [2.05, 4.69) is 113 Å². The number of aromatic nitrogens is 2. The highest BCUT2D eigenvalue weighted by Gasteiger charge is 2.35. The van der Waals surface area contributed by atoms with Crippen molar-refractivity contribution < 1.29 is 0 Å². The quantitative estimate of drug-likeness (QED) is 0.0375. The van der Waals surface area contributed by atoms with Crippen LogP contribution in [0.15, 0.2) is 113 Å². The van der Waals surface area contributed by atoms with Gasteiger partial charge in [-0.25, -0.2) is 0 Å². The van der Waals surface area contributed by atoms with Crippen molar-refractivity contribution in [2.24, 2.45) is 0 Å². The number of pyridine rings is 2. The molecule has 0 aliphatic heterocycles. The van der Waals surface area contributed by atoms with Gasteiger partial charge in [-0.1, -0.05) is 277 Å². The van der Waals surface area contributed by atoms with E-state index in [9.17, 15) is 0 Å². The van der Waals surface area contributed by atoms with Gasteiger partial charge >= 0.3 is 0 Å². The van der Waals surface area contributed by atoms with Crippen LogP contribution in [0.3, 0.4) is 0 Å². The fourth-order valence-corrected chi connectivity index (χ4v) is 22.4. The summed E-state index contributed by atoms with van der Waals surface area (Å²) < 4.78 is 0. The van der Waals surface area contributed by atoms with E-state index in [0.717, 1.165) is 49.9 Å². The molecule has 4 heteroatoms. The third-order valence-corrected chi connectivity index (χ3v) is 27.8. The van der Waals surface area contributed by atoms with Gasteiger partial charge < -0.3 is 0 Å². The molecule has 0 bridgehead atoms. The first-order valence-electron chi connectivity index (χ1n) is 32.1. The van der Waals surface area contributed by atoms with Crippen LogP contribution < -0.4 is 10.4 Å². The monoisotopic (exact) mass is 1040 g/mol. The van der Waals surface area contributed by atoms with Crippen LogP contribution in [0.2, 0.25) is 36.3 Å². The summed E-state index contributed by atoms with van der Waals surface area (Å²) in [4.78, 5) is 10.8. The normalized spacial score (nSPS) is 11.7. The number of allylic oxidation sites excluding steroid dienone is 6. The molecule has 2 nitrogen and oxygen atoms in total. The van der Waals surface area contributed by atoms with Gasteiger partial charge in [-0.3, -0.25) is 9.97 Å². The Morgan fingerprint density at radius 2 is 0.419 bits per heavy atom. The van der Waals surface area contributed by atoms with Gasteiger partial charge in [0.25, 0.3) is 0 Å². The molecule has 0 amide bonds. The van der Waals surface area contributed by atoms with E-state index in [1.165, 1.54) is 267 Å². The topological polar surface area (TPSA) is 25.8 Å². The van der Waals surface area contributed by atoms with E-state index in [1.54, 1.807) is 10.4 Å². The molecule has 418 valence electrons. The van der Waals surface area contributed by atoms with Crippen LogP contribution in [0.5, 0.6) is 0 Å². The zero-order valence-electron chi connectivity index (χ0n) is 49.0. The van der Waals surface area contributed by atoms with Crippen molar-refractivity contribution in [3.63, 3.8) is 0 Å². The maximum atomic E-state index is 5.40. The number of rotatable bonds is 57. The smallest absolute Gasteiger partial charge is 0.0887 e. The molecular formula is C70H120N2Si2. The van der Waals surface area contributed by atoms with Crippen LogP contribution in [-0.2, 0) is 0 Å².